The summed E-state index contributed by atoms with van der Waals surface area (Å²) in [4.78, 5) is 8.25. The average Bonchev–Trinajstić information content (AvgIpc) is 3.82. The Bertz CT molecular complexity index is 3320. The minimum absolute atomic E-state index is 0.594. The van der Waals surface area contributed by atoms with E-state index in [2.05, 4.69) is 191 Å². The molecule has 12 rings (SSSR count). The lowest BCUT2D eigenvalue weighted by molar-refractivity contribution is 0.809. The molecule has 0 N–H and O–H groups in total. The number of nitriles is 1. The van der Waals surface area contributed by atoms with E-state index < -0.39 is 5.41 Å². The first-order chi connectivity index (χ1) is 31.1. The predicted molar refractivity (Wildman–Crippen MR) is 258 cm³/mol. The first kappa shape index (κ1) is 36.2. The second kappa shape index (κ2) is 14.2. The van der Waals surface area contributed by atoms with Gasteiger partial charge in [0.2, 0.25) is 0 Å². The minimum atomic E-state index is -0.594. The quantitative estimate of drug-likeness (QED) is 0.157. The van der Waals surface area contributed by atoms with E-state index in [-0.39, 0.29) is 0 Å². The van der Waals surface area contributed by atoms with E-state index in [9.17, 15) is 5.26 Å². The number of hydrogen-bond acceptors (Lipinski definition) is 3. The van der Waals surface area contributed by atoms with Gasteiger partial charge >= 0.3 is 0 Å². The molecule has 1 spiro atoms. The smallest absolute Gasteiger partial charge is 0.189 e. The summed E-state index contributed by atoms with van der Waals surface area (Å²) in [7, 11) is 0. The zero-order valence-corrected chi connectivity index (χ0v) is 34.1. The van der Waals surface area contributed by atoms with Crippen LogP contribution in [0.4, 0.5) is 39.8 Å². The molecule has 0 atom stereocenters. The Kier molecular flexibility index (Phi) is 8.16. The molecule has 0 saturated carbocycles. The highest BCUT2D eigenvalue weighted by molar-refractivity contribution is 6.10. The molecule has 0 fully saturated rings. The SMILES string of the molecule is [C-]#[N+]c1cccc(N(c2ccccc2)c2ccc3c4c(ccc3c2)-c2ccc3cc(N(c5ccccc5)c5cccc(C#N)c5)ccc3c2C42c3ccccc3-c3ccccc32)c1. The maximum Gasteiger partial charge on any atom is 0.189 e. The van der Waals surface area contributed by atoms with Crippen LogP contribution in [-0.4, -0.2) is 0 Å². The second-order valence-electron chi connectivity index (χ2n) is 16.3. The highest BCUT2D eigenvalue weighted by Crippen LogP contribution is 2.65. The van der Waals surface area contributed by atoms with Crippen molar-refractivity contribution in [2.45, 2.75) is 5.41 Å². The van der Waals surface area contributed by atoms with Crippen molar-refractivity contribution in [1.82, 2.24) is 0 Å². The summed E-state index contributed by atoms with van der Waals surface area (Å²) >= 11 is 0. The topological polar surface area (TPSA) is 34.6 Å². The zero-order valence-electron chi connectivity index (χ0n) is 34.1. The second-order valence-corrected chi connectivity index (χ2v) is 16.3. The van der Waals surface area contributed by atoms with Crippen LogP contribution in [0.1, 0.15) is 27.8 Å². The summed E-state index contributed by atoms with van der Waals surface area (Å²) in [6, 6.07) is 79.7. The van der Waals surface area contributed by atoms with E-state index in [0.29, 0.717) is 11.3 Å². The van der Waals surface area contributed by atoms with Crippen LogP contribution < -0.4 is 9.80 Å². The third kappa shape index (κ3) is 5.39. The molecule has 0 radical (unpaired) electrons. The molecule has 2 aliphatic carbocycles. The fourth-order valence-electron chi connectivity index (χ4n) is 10.5. The molecule has 2 aliphatic rings. The summed E-state index contributed by atoms with van der Waals surface area (Å²) < 4.78 is 0. The zero-order chi connectivity index (χ0) is 42.1. The lowest BCUT2D eigenvalue weighted by Gasteiger charge is -2.33. The number of benzene rings is 10. The largest absolute Gasteiger partial charge is 0.312 e. The van der Waals surface area contributed by atoms with Crippen molar-refractivity contribution >= 4 is 61.4 Å². The van der Waals surface area contributed by atoms with Gasteiger partial charge in [0.25, 0.3) is 0 Å². The Morgan fingerprint density at radius 3 is 1.38 bits per heavy atom. The van der Waals surface area contributed by atoms with Gasteiger partial charge in [-0.15, -0.1) is 0 Å². The van der Waals surface area contributed by atoms with E-state index in [0.717, 1.165) is 44.9 Å². The van der Waals surface area contributed by atoms with Crippen molar-refractivity contribution in [2.75, 3.05) is 9.80 Å². The lowest BCUT2D eigenvalue weighted by atomic mass is 9.68. The number of nitrogens with zero attached hydrogens (tertiary/aromatic N) is 4. The van der Waals surface area contributed by atoms with Gasteiger partial charge < -0.3 is 9.80 Å². The summed E-state index contributed by atoms with van der Waals surface area (Å²) in [6.07, 6.45) is 0. The molecule has 0 aromatic heterocycles. The first-order valence-electron chi connectivity index (χ1n) is 21.2. The monoisotopic (exact) mass is 800 g/mol. The normalized spacial score (nSPS) is 12.5. The van der Waals surface area contributed by atoms with Gasteiger partial charge in [0.15, 0.2) is 5.69 Å². The molecule has 0 aliphatic heterocycles. The number of anilines is 6. The molecule has 0 bridgehead atoms. The van der Waals surface area contributed by atoms with Crippen LogP contribution in [0.25, 0.3) is 48.6 Å². The molecule has 4 heteroatoms. The Hall–Kier alpha value is -8.70. The molecule has 63 heavy (non-hydrogen) atoms. The molecule has 0 saturated heterocycles. The fraction of sp³-hybridized carbons (Fsp3) is 0.0169. The third-order valence-corrected chi connectivity index (χ3v) is 13.0. The highest BCUT2D eigenvalue weighted by atomic mass is 15.1. The molecule has 10 aromatic rings. The molecule has 0 amide bonds. The number of rotatable bonds is 6. The summed E-state index contributed by atoms with van der Waals surface area (Å²) in [5.74, 6) is 0. The number of fused-ring (bicyclic) bond motifs is 14. The highest BCUT2D eigenvalue weighted by Gasteiger charge is 2.53. The van der Waals surface area contributed by atoms with Gasteiger partial charge in [-0.05, 0) is 145 Å². The van der Waals surface area contributed by atoms with Crippen LogP contribution in [-0.2, 0) is 5.41 Å². The first-order valence-corrected chi connectivity index (χ1v) is 21.2. The van der Waals surface area contributed by atoms with Crippen molar-refractivity contribution in [3.63, 3.8) is 0 Å². The standard InChI is InChI=1S/C59H36N4/c1-61-42-15-13-21-46(37-42)63(44-18-6-3-7-19-44)48-29-33-50-41(36-48)27-31-54-53-30-26-40-35-47(62(43-16-4-2-5-17-43)45-20-12-14-39(34-45)38-60)28-32-49(40)57(53)59(58(50)54)55-24-10-8-22-51(55)52-23-9-11-25-56(52)59/h2-37H. The lowest BCUT2D eigenvalue weighted by Crippen LogP contribution is -2.26. The van der Waals surface area contributed by atoms with E-state index in [1.807, 2.05) is 48.5 Å². The van der Waals surface area contributed by atoms with Gasteiger partial charge in [-0.1, -0.05) is 140 Å². The third-order valence-electron chi connectivity index (χ3n) is 13.0. The van der Waals surface area contributed by atoms with Crippen LogP contribution in [0, 0.1) is 17.9 Å². The maximum atomic E-state index is 9.87. The molecule has 292 valence electrons. The van der Waals surface area contributed by atoms with Gasteiger partial charge in [0, 0.05) is 34.1 Å². The molecular formula is C59H36N4. The van der Waals surface area contributed by atoms with E-state index in [4.69, 9.17) is 6.57 Å². The predicted octanol–water partition coefficient (Wildman–Crippen LogP) is 15.7. The fourth-order valence-corrected chi connectivity index (χ4v) is 10.5. The summed E-state index contributed by atoms with van der Waals surface area (Å²) in [5, 5.41) is 14.6. The number of hydrogen-bond donors (Lipinski definition) is 0. The maximum absolute atomic E-state index is 9.87. The van der Waals surface area contributed by atoms with Crippen molar-refractivity contribution in [2.24, 2.45) is 0 Å². The average molecular weight is 801 g/mol. The Balaban J connectivity index is 1.11. The van der Waals surface area contributed by atoms with Gasteiger partial charge in [-0.2, -0.15) is 5.26 Å². The summed E-state index contributed by atoms with van der Waals surface area (Å²) in [5.41, 5.74) is 16.8. The van der Waals surface area contributed by atoms with Gasteiger partial charge in [-0.3, -0.25) is 0 Å². The van der Waals surface area contributed by atoms with Crippen LogP contribution in [0.2, 0.25) is 0 Å². The Morgan fingerprint density at radius 2 is 0.857 bits per heavy atom. The number of para-hydroxylation sites is 2. The Labute approximate surface area is 366 Å². The van der Waals surface area contributed by atoms with Crippen molar-refractivity contribution in [1.29, 1.82) is 5.26 Å². The molecular weight excluding hydrogens is 765 g/mol. The Morgan fingerprint density at radius 1 is 0.397 bits per heavy atom. The van der Waals surface area contributed by atoms with Crippen LogP contribution in [0.15, 0.2) is 218 Å². The van der Waals surface area contributed by atoms with Crippen LogP contribution >= 0.6 is 0 Å². The van der Waals surface area contributed by atoms with Crippen molar-refractivity contribution < 1.29 is 0 Å². The molecule has 0 heterocycles. The van der Waals surface area contributed by atoms with Crippen LogP contribution in [0.5, 0.6) is 0 Å². The van der Waals surface area contributed by atoms with Crippen molar-refractivity contribution in [3.05, 3.63) is 258 Å². The minimum Gasteiger partial charge on any atom is -0.312 e. The molecule has 4 nitrogen and oxygen atoms in total. The molecule has 0 unspecified atom stereocenters. The van der Waals surface area contributed by atoms with Crippen LogP contribution in [0.3, 0.4) is 0 Å². The molecule has 10 aromatic carbocycles. The van der Waals surface area contributed by atoms with E-state index in [1.165, 1.54) is 55.3 Å². The van der Waals surface area contributed by atoms with Gasteiger partial charge in [0.05, 0.1) is 23.6 Å². The van der Waals surface area contributed by atoms with E-state index >= 15 is 0 Å². The van der Waals surface area contributed by atoms with Crippen molar-refractivity contribution in [3.8, 4) is 28.3 Å². The van der Waals surface area contributed by atoms with Gasteiger partial charge in [-0.25, -0.2) is 4.85 Å². The summed E-state index contributed by atoms with van der Waals surface area (Å²) in [6.45, 7) is 7.77. The van der Waals surface area contributed by atoms with Gasteiger partial charge in [0.1, 0.15) is 0 Å². The van der Waals surface area contributed by atoms with E-state index in [1.54, 1.807) is 0 Å².